The molecule has 0 aromatic heterocycles. The van der Waals surface area contributed by atoms with Crippen molar-refractivity contribution < 1.29 is 0 Å². The average molecular weight is 358 g/mol. The molecule has 1 aromatic rings. The minimum Gasteiger partial charge on any atom is -0.375 e. The van der Waals surface area contributed by atoms with Gasteiger partial charge in [-0.2, -0.15) is 5.10 Å². The first-order chi connectivity index (χ1) is 10.5. The smallest absolute Gasteiger partial charge is 0.184 e. The van der Waals surface area contributed by atoms with E-state index in [4.69, 9.17) is 41.2 Å². The summed E-state index contributed by atoms with van der Waals surface area (Å²) < 4.78 is 0. The second-order valence-corrected chi connectivity index (χ2v) is 6.15. The Morgan fingerprint density at radius 1 is 1.27 bits per heavy atom. The molecule has 0 aliphatic heterocycles. The average Bonchev–Trinajstić information content (AvgIpc) is 2.48. The number of benzene rings is 1. The number of unbranched alkanes of at least 4 members (excludes halogenated alkanes) is 3. The van der Waals surface area contributed by atoms with Gasteiger partial charge >= 0.3 is 0 Å². The first kappa shape index (κ1) is 18.9. The van der Waals surface area contributed by atoms with E-state index in [0.29, 0.717) is 10.0 Å². The van der Waals surface area contributed by atoms with Crippen molar-refractivity contribution in [1.82, 2.24) is 5.43 Å². The molecule has 0 amide bonds. The molecule has 0 saturated carbocycles. The van der Waals surface area contributed by atoms with Crippen molar-refractivity contribution in [2.24, 2.45) is 10.8 Å². The van der Waals surface area contributed by atoms with Crippen molar-refractivity contribution in [2.75, 3.05) is 0 Å². The predicted molar refractivity (Wildman–Crippen MR) is 102 cm³/mol. The summed E-state index contributed by atoms with van der Waals surface area (Å²) in [7, 11) is 0. The van der Waals surface area contributed by atoms with Crippen LogP contribution in [-0.2, 0) is 0 Å². The molecule has 0 spiro atoms. The third kappa shape index (κ3) is 7.78. The highest BCUT2D eigenvalue weighted by Gasteiger charge is 1.99. The van der Waals surface area contributed by atoms with Gasteiger partial charge in [0.15, 0.2) is 5.11 Å². The highest BCUT2D eigenvalue weighted by molar-refractivity contribution is 7.80. The molecule has 0 radical (unpaired) electrons. The van der Waals surface area contributed by atoms with Crippen LogP contribution in [0, 0.1) is 0 Å². The molecule has 0 aliphatic carbocycles. The third-order valence-corrected chi connectivity index (χ3v) is 3.84. The number of thiocarbonyl (C=S) groups is 1. The summed E-state index contributed by atoms with van der Waals surface area (Å²) in [6.07, 6.45) is 9.45. The summed E-state index contributed by atoms with van der Waals surface area (Å²) in [5.74, 6) is 0. The molecule has 1 rings (SSSR count). The lowest BCUT2D eigenvalue weighted by molar-refractivity contribution is 0.682. The minimum absolute atomic E-state index is 0.161. The number of hydrazone groups is 1. The molecule has 0 unspecified atom stereocenters. The lowest BCUT2D eigenvalue weighted by atomic mass is 10.1. The van der Waals surface area contributed by atoms with Crippen molar-refractivity contribution in [3.63, 3.8) is 0 Å². The number of hydrogen-bond acceptors (Lipinski definition) is 2. The molecular weight excluding hydrogens is 337 g/mol. The predicted octanol–water partition coefficient (Wildman–Crippen LogP) is 5.17. The maximum absolute atomic E-state index is 6.01. The molecule has 6 heteroatoms. The maximum Gasteiger partial charge on any atom is 0.184 e. The van der Waals surface area contributed by atoms with Gasteiger partial charge in [0.2, 0.25) is 0 Å². The van der Waals surface area contributed by atoms with Gasteiger partial charge in [-0.05, 0) is 48.8 Å². The van der Waals surface area contributed by atoms with Gasteiger partial charge < -0.3 is 5.73 Å². The van der Waals surface area contributed by atoms with E-state index >= 15 is 0 Å². The Hall–Kier alpha value is -1.10. The van der Waals surface area contributed by atoms with E-state index in [1.807, 2.05) is 24.3 Å². The van der Waals surface area contributed by atoms with Gasteiger partial charge in [-0.3, -0.25) is 5.43 Å². The van der Waals surface area contributed by atoms with Crippen LogP contribution in [0.4, 0.5) is 0 Å². The van der Waals surface area contributed by atoms with E-state index in [1.54, 1.807) is 6.07 Å². The highest BCUT2D eigenvalue weighted by Crippen LogP contribution is 2.23. The van der Waals surface area contributed by atoms with Crippen molar-refractivity contribution in [1.29, 1.82) is 0 Å². The van der Waals surface area contributed by atoms with Crippen LogP contribution in [0.3, 0.4) is 0 Å². The van der Waals surface area contributed by atoms with Crippen LogP contribution in [0.2, 0.25) is 10.0 Å². The molecule has 22 heavy (non-hydrogen) atoms. The summed E-state index contributed by atoms with van der Waals surface area (Å²) in [5.41, 5.74) is 9.92. The quantitative estimate of drug-likeness (QED) is 0.292. The van der Waals surface area contributed by atoms with E-state index in [-0.39, 0.29) is 5.11 Å². The zero-order valence-corrected chi connectivity index (χ0v) is 14.9. The largest absolute Gasteiger partial charge is 0.375 e. The van der Waals surface area contributed by atoms with Crippen LogP contribution in [0.25, 0.3) is 6.08 Å². The fourth-order valence-electron chi connectivity index (χ4n) is 1.84. The van der Waals surface area contributed by atoms with Gasteiger partial charge in [0.05, 0.1) is 15.8 Å². The van der Waals surface area contributed by atoms with Gasteiger partial charge in [0, 0.05) is 0 Å². The SMILES string of the molecule is CCCCCCC(/C=C/c1ccc(Cl)c(Cl)c1)=N/NC(N)=S. The van der Waals surface area contributed by atoms with Crippen LogP contribution >= 0.6 is 35.4 Å². The normalized spacial score (nSPS) is 11.9. The molecule has 0 atom stereocenters. The third-order valence-electron chi connectivity index (χ3n) is 3.01. The van der Waals surface area contributed by atoms with E-state index < -0.39 is 0 Å². The Kier molecular flexibility index (Phi) is 9.13. The summed E-state index contributed by atoms with van der Waals surface area (Å²) >= 11 is 16.7. The number of nitrogens with one attached hydrogen (secondary N) is 1. The topological polar surface area (TPSA) is 50.4 Å². The first-order valence-electron chi connectivity index (χ1n) is 7.28. The first-order valence-corrected chi connectivity index (χ1v) is 8.44. The lowest BCUT2D eigenvalue weighted by Crippen LogP contribution is -2.25. The van der Waals surface area contributed by atoms with Gasteiger partial charge in [-0.1, -0.05) is 61.5 Å². The second-order valence-electron chi connectivity index (χ2n) is 4.90. The molecular formula is C16H21Cl2N3S. The zero-order chi connectivity index (χ0) is 16.4. The highest BCUT2D eigenvalue weighted by atomic mass is 35.5. The molecule has 3 nitrogen and oxygen atoms in total. The number of nitrogens with zero attached hydrogens (tertiary/aromatic N) is 1. The summed E-state index contributed by atoms with van der Waals surface area (Å²) in [5, 5.41) is 5.47. The molecule has 0 bridgehead atoms. The van der Waals surface area contributed by atoms with E-state index in [1.165, 1.54) is 19.3 Å². The van der Waals surface area contributed by atoms with Crippen LogP contribution < -0.4 is 11.2 Å². The number of hydrogen-bond donors (Lipinski definition) is 2. The molecule has 0 fully saturated rings. The van der Waals surface area contributed by atoms with Crippen molar-refractivity contribution in [3.8, 4) is 0 Å². The number of halogens is 2. The van der Waals surface area contributed by atoms with Crippen molar-refractivity contribution in [3.05, 3.63) is 39.9 Å². The summed E-state index contributed by atoms with van der Waals surface area (Å²) in [4.78, 5) is 0. The van der Waals surface area contributed by atoms with Crippen molar-refractivity contribution in [2.45, 2.75) is 39.0 Å². The Morgan fingerprint density at radius 2 is 2.05 bits per heavy atom. The van der Waals surface area contributed by atoms with Crippen LogP contribution in [0.5, 0.6) is 0 Å². The van der Waals surface area contributed by atoms with Gasteiger partial charge in [0.1, 0.15) is 0 Å². The molecule has 0 heterocycles. The standard InChI is InChI=1S/C16H21Cl2N3S/c1-2-3-4-5-6-13(20-21-16(19)22)9-7-12-8-10-14(17)15(18)11-12/h7-11H,2-6H2,1H3,(H3,19,21,22)/b9-7+,20-13-. The number of allylic oxidation sites excluding steroid dienone is 1. The Balaban J connectivity index is 2.72. The lowest BCUT2D eigenvalue weighted by Gasteiger charge is -2.03. The number of rotatable bonds is 8. The molecule has 120 valence electrons. The monoisotopic (exact) mass is 357 g/mol. The van der Waals surface area contributed by atoms with E-state index in [9.17, 15) is 0 Å². The van der Waals surface area contributed by atoms with Crippen LogP contribution in [0.1, 0.15) is 44.6 Å². The maximum atomic E-state index is 6.01. The van der Waals surface area contributed by atoms with E-state index in [2.05, 4.69) is 17.5 Å². The molecule has 0 saturated heterocycles. The Morgan fingerprint density at radius 3 is 2.68 bits per heavy atom. The Bertz CT molecular complexity index is 556. The van der Waals surface area contributed by atoms with Crippen LogP contribution in [0.15, 0.2) is 29.4 Å². The van der Waals surface area contributed by atoms with Gasteiger partial charge in [0.25, 0.3) is 0 Å². The van der Waals surface area contributed by atoms with Crippen molar-refractivity contribution >= 4 is 52.3 Å². The molecule has 1 aromatic carbocycles. The van der Waals surface area contributed by atoms with E-state index in [0.717, 1.165) is 24.1 Å². The zero-order valence-electron chi connectivity index (χ0n) is 12.6. The van der Waals surface area contributed by atoms with Crippen LogP contribution in [-0.4, -0.2) is 10.8 Å². The van der Waals surface area contributed by atoms with Gasteiger partial charge in [-0.25, -0.2) is 0 Å². The van der Waals surface area contributed by atoms with Gasteiger partial charge in [-0.15, -0.1) is 0 Å². The minimum atomic E-state index is 0.161. The number of nitrogens with two attached hydrogens (primary N) is 1. The summed E-state index contributed by atoms with van der Waals surface area (Å²) in [6.45, 7) is 2.19. The summed E-state index contributed by atoms with van der Waals surface area (Å²) in [6, 6.07) is 5.49. The Labute approximate surface area is 147 Å². The molecule has 3 N–H and O–H groups in total. The fraction of sp³-hybridized carbons (Fsp3) is 0.375. The second kappa shape index (κ2) is 10.6. The fourth-order valence-corrected chi connectivity index (χ4v) is 2.20. The molecule has 0 aliphatic rings.